The van der Waals surface area contributed by atoms with Crippen LogP contribution in [0.2, 0.25) is 0 Å². The maximum absolute atomic E-state index is 12.2. The highest BCUT2D eigenvalue weighted by Gasteiger charge is 2.41. The van der Waals surface area contributed by atoms with Gasteiger partial charge >= 0.3 is 10.7 Å². The van der Waals surface area contributed by atoms with Crippen LogP contribution in [-0.4, -0.2) is 65.5 Å². The number of ether oxygens (including phenoxy) is 2. The lowest BCUT2D eigenvalue weighted by Crippen LogP contribution is -2.46. The number of para-hydroxylation sites is 2. The van der Waals surface area contributed by atoms with Crippen molar-refractivity contribution in [3.8, 4) is 0 Å². The molecule has 2 N–H and O–H groups in total. The Morgan fingerprint density at radius 2 is 1.58 bits per heavy atom. The minimum absolute atomic E-state index is 0. The molecule has 3 aliphatic heterocycles. The summed E-state index contributed by atoms with van der Waals surface area (Å²) in [6.07, 6.45) is 0. The molecule has 0 atom stereocenters. The maximum atomic E-state index is 12.2. The highest BCUT2D eigenvalue weighted by Crippen LogP contribution is 2.30. The molecule has 12 heteroatoms. The Labute approximate surface area is 221 Å². The quantitative estimate of drug-likeness (QED) is 0.538. The van der Waals surface area contributed by atoms with E-state index in [-0.39, 0.29) is 7.46 Å². The smallest absolute Gasteiger partial charge is 0.351 e. The van der Waals surface area contributed by atoms with Crippen LogP contribution in [0.25, 0.3) is 0 Å². The van der Waals surface area contributed by atoms with E-state index in [1.54, 1.807) is 9.91 Å². The Hall–Kier alpha value is -3.28. The van der Waals surface area contributed by atoms with Crippen LogP contribution in [0.3, 0.4) is 0 Å². The summed E-state index contributed by atoms with van der Waals surface area (Å²) in [5, 5.41) is 8.61. The van der Waals surface area contributed by atoms with E-state index in [4.69, 9.17) is 14.3 Å². The summed E-state index contributed by atoms with van der Waals surface area (Å²) >= 11 is 8.80. The number of halogens is 2. The Kier molecular flexibility index (Phi) is 10.4. The van der Waals surface area contributed by atoms with Crippen LogP contribution < -0.4 is 15.6 Å². The van der Waals surface area contributed by atoms with Gasteiger partial charge in [0.2, 0.25) is 0 Å². The summed E-state index contributed by atoms with van der Waals surface area (Å²) in [5.41, 5.74) is 4.96. The van der Waals surface area contributed by atoms with E-state index in [1.165, 1.54) is 0 Å². The third-order valence-corrected chi connectivity index (χ3v) is 5.14. The number of carbonyl (C=O) groups is 2. The number of nitrogens with one attached hydrogen (secondary N) is 2. The zero-order chi connectivity index (χ0) is 25.9. The normalized spacial score (nSPS) is 16.8. The molecular weight excluding hydrogens is 507 g/mol. The first-order valence-electron chi connectivity index (χ1n) is 11.0. The van der Waals surface area contributed by atoms with Crippen molar-refractivity contribution < 1.29 is 20.5 Å². The van der Waals surface area contributed by atoms with Gasteiger partial charge in [0.25, 0.3) is 0 Å². The van der Waals surface area contributed by atoms with Crippen LogP contribution in [0.5, 0.6) is 0 Å². The minimum atomic E-state index is -0.889. The third kappa shape index (κ3) is 7.61. The number of urea groups is 1. The average molecular weight is 537 g/mol. The molecule has 0 aliphatic carbocycles. The minimum Gasteiger partial charge on any atom is -0.363 e. The lowest BCUT2D eigenvalue weighted by molar-refractivity contribution is -0.0913. The summed E-state index contributed by atoms with van der Waals surface area (Å²) in [5.74, 6) is 1.52. The molecule has 0 aromatic heterocycles. The SMILES string of the molecule is C=C(Nc1ccccc1)N1CCOCN1.C=C1N(c2ccccc2)C(=O)N2COCCN12.O=C(Cl)Cl.[HH]. The molecule has 0 saturated carbocycles. The van der Waals surface area contributed by atoms with Crippen molar-refractivity contribution in [1.82, 2.24) is 20.5 Å². The molecule has 0 bridgehead atoms. The van der Waals surface area contributed by atoms with Gasteiger partial charge in [-0.05, 0) is 47.5 Å². The summed E-state index contributed by atoms with van der Waals surface area (Å²) in [6, 6.07) is 19.4. The number of amides is 2. The fourth-order valence-corrected chi connectivity index (χ4v) is 3.51. The van der Waals surface area contributed by atoms with Gasteiger partial charge in [0.1, 0.15) is 25.1 Å². The van der Waals surface area contributed by atoms with Gasteiger partial charge in [0.05, 0.1) is 32.0 Å². The fourth-order valence-electron chi connectivity index (χ4n) is 3.51. The molecule has 3 heterocycles. The molecule has 0 unspecified atom stereocenters. The molecule has 10 nitrogen and oxygen atoms in total. The van der Waals surface area contributed by atoms with Crippen LogP contribution in [0.4, 0.5) is 21.0 Å². The fraction of sp³-hybridized carbons (Fsp3) is 0.250. The standard InChI is InChI=1S/C12H13N3O2.C11H15N3O.CCl2O.H2/c1-10-13-7-8-17-9-14(13)12(16)15(10)11-5-3-2-4-6-11;1-10(14-7-8-15-9-12-14)13-11-5-3-2-4-6-11;2-1(3)4;/h2-6H,1,7-9H2;2-6,12-13H,1,7-9H2;;1H. The molecule has 2 amide bonds. The van der Waals surface area contributed by atoms with E-state index in [9.17, 15) is 4.79 Å². The van der Waals surface area contributed by atoms with Crippen molar-refractivity contribution in [2.24, 2.45) is 0 Å². The van der Waals surface area contributed by atoms with E-state index < -0.39 is 4.70 Å². The molecule has 3 fully saturated rings. The highest BCUT2D eigenvalue weighted by atomic mass is 35.5. The highest BCUT2D eigenvalue weighted by molar-refractivity contribution is 6.93. The summed E-state index contributed by atoms with van der Waals surface area (Å²) in [6.45, 7) is 11.6. The van der Waals surface area contributed by atoms with Crippen LogP contribution >= 0.6 is 23.2 Å². The Balaban J connectivity index is 0.000000224. The zero-order valence-electron chi connectivity index (χ0n) is 19.6. The molecule has 2 aromatic rings. The first kappa shape index (κ1) is 27.3. The number of rotatable bonds is 4. The molecule has 0 radical (unpaired) electrons. The molecule has 3 saturated heterocycles. The predicted octanol–water partition coefficient (Wildman–Crippen LogP) is 4.80. The van der Waals surface area contributed by atoms with Gasteiger partial charge < -0.3 is 14.8 Å². The van der Waals surface area contributed by atoms with Gasteiger partial charge in [0.15, 0.2) is 0 Å². The first-order valence-corrected chi connectivity index (χ1v) is 11.8. The van der Waals surface area contributed by atoms with Crippen molar-refractivity contribution in [3.05, 3.63) is 85.5 Å². The number of anilines is 2. The molecule has 194 valence electrons. The van der Waals surface area contributed by atoms with Gasteiger partial charge in [-0.25, -0.2) is 20.1 Å². The van der Waals surface area contributed by atoms with Crippen LogP contribution in [0.1, 0.15) is 1.43 Å². The van der Waals surface area contributed by atoms with Gasteiger partial charge in [-0.2, -0.15) is 0 Å². The second kappa shape index (κ2) is 13.7. The number of hydrogen-bond donors (Lipinski definition) is 2. The molecule has 2 aromatic carbocycles. The van der Waals surface area contributed by atoms with Crippen molar-refractivity contribution in [1.29, 1.82) is 0 Å². The Bertz CT molecular complexity index is 1020. The molecule has 0 spiro atoms. The van der Waals surface area contributed by atoms with Crippen molar-refractivity contribution >= 4 is 45.3 Å². The monoisotopic (exact) mass is 536 g/mol. The van der Waals surface area contributed by atoms with Crippen LogP contribution in [-0.2, 0) is 9.47 Å². The second-order valence-electron chi connectivity index (χ2n) is 7.46. The third-order valence-electron chi connectivity index (χ3n) is 5.14. The van der Waals surface area contributed by atoms with E-state index >= 15 is 0 Å². The number of hydrogen-bond acceptors (Lipinski definition) is 8. The van der Waals surface area contributed by atoms with Crippen LogP contribution in [0, 0.1) is 0 Å². The van der Waals surface area contributed by atoms with Crippen molar-refractivity contribution in [2.45, 2.75) is 0 Å². The van der Waals surface area contributed by atoms with Crippen LogP contribution in [0.15, 0.2) is 85.5 Å². The molecular formula is C24H30Cl2N6O4. The molecule has 36 heavy (non-hydrogen) atoms. The number of fused-ring (bicyclic) bond motifs is 1. The largest absolute Gasteiger partial charge is 0.363 e. The Morgan fingerprint density at radius 3 is 2.17 bits per heavy atom. The van der Waals surface area contributed by atoms with Gasteiger partial charge in [-0.1, -0.05) is 49.6 Å². The van der Waals surface area contributed by atoms with Crippen molar-refractivity contribution in [2.75, 3.05) is 50.0 Å². The first-order chi connectivity index (χ1) is 17.4. The lowest BCUT2D eigenvalue weighted by atomic mass is 10.3. The lowest BCUT2D eigenvalue weighted by Gasteiger charge is -2.31. The maximum Gasteiger partial charge on any atom is 0.351 e. The topological polar surface area (TPSA) is 89.6 Å². The summed E-state index contributed by atoms with van der Waals surface area (Å²) in [7, 11) is 0. The van der Waals surface area contributed by atoms with E-state index in [2.05, 4.69) is 47.1 Å². The van der Waals surface area contributed by atoms with E-state index in [0.717, 1.165) is 30.3 Å². The zero-order valence-corrected chi connectivity index (χ0v) is 21.1. The number of nitrogens with zero attached hydrogens (tertiary/aromatic N) is 4. The van der Waals surface area contributed by atoms with Gasteiger partial charge in [-0.15, -0.1) is 0 Å². The average Bonchev–Trinajstić information content (AvgIpc) is 3.15. The second-order valence-corrected chi connectivity index (χ2v) is 8.34. The summed E-state index contributed by atoms with van der Waals surface area (Å²) in [4.78, 5) is 22.8. The van der Waals surface area contributed by atoms with Gasteiger partial charge in [0, 0.05) is 7.11 Å². The molecule has 5 rings (SSSR count). The van der Waals surface area contributed by atoms with Crippen molar-refractivity contribution in [3.63, 3.8) is 0 Å². The van der Waals surface area contributed by atoms with E-state index in [0.29, 0.717) is 32.4 Å². The van der Waals surface area contributed by atoms with E-state index in [1.807, 2.05) is 70.7 Å². The summed E-state index contributed by atoms with van der Waals surface area (Å²) < 4.78 is 9.57. The Morgan fingerprint density at radius 1 is 0.972 bits per heavy atom. The number of carbonyl (C=O) groups excluding carboxylic acids is 2. The van der Waals surface area contributed by atoms with Gasteiger partial charge in [-0.3, -0.25) is 14.8 Å². The molecule has 3 aliphatic rings. The predicted molar refractivity (Wildman–Crippen MR) is 142 cm³/mol. The number of hydrazine groups is 2. The number of benzene rings is 2.